The summed E-state index contributed by atoms with van der Waals surface area (Å²) in [4.78, 5) is 25.7. The van der Waals surface area contributed by atoms with Crippen molar-refractivity contribution in [3.05, 3.63) is 70.9 Å². The van der Waals surface area contributed by atoms with E-state index in [0.29, 0.717) is 23.8 Å². The lowest BCUT2D eigenvalue weighted by molar-refractivity contribution is -0.129. The first-order valence-electron chi connectivity index (χ1n) is 12.0. The van der Waals surface area contributed by atoms with Gasteiger partial charge in [-0.25, -0.2) is 10.1 Å². The van der Waals surface area contributed by atoms with Crippen molar-refractivity contribution in [2.45, 2.75) is 40.2 Å². The number of nitrogens with zero attached hydrogens (tertiary/aromatic N) is 3. The Morgan fingerprint density at radius 3 is 2.75 bits per heavy atom. The van der Waals surface area contributed by atoms with Crippen molar-refractivity contribution in [1.82, 2.24) is 25.8 Å². The summed E-state index contributed by atoms with van der Waals surface area (Å²) in [6, 6.07) is 15.4. The first kappa shape index (κ1) is 23.8. The second kappa shape index (κ2) is 9.63. The molecule has 5 rings (SSSR count). The first-order valence-corrected chi connectivity index (χ1v) is 12.0. The second-order valence-corrected chi connectivity index (χ2v) is 9.35. The fourth-order valence-corrected chi connectivity index (χ4v) is 4.66. The molecule has 2 fully saturated rings. The highest BCUT2D eigenvalue weighted by Gasteiger charge is 2.45. The van der Waals surface area contributed by atoms with Crippen LogP contribution < -0.4 is 31.1 Å². The summed E-state index contributed by atoms with van der Waals surface area (Å²) in [5, 5.41) is 15.9. The topological polar surface area (TPSA) is 113 Å². The summed E-state index contributed by atoms with van der Waals surface area (Å²) in [5.41, 5.74) is 8.46. The molecular formula is C26H31N7O3. The van der Waals surface area contributed by atoms with Crippen molar-refractivity contribution in [2.24, 2.45) is 5.92 Å². The van der Waals surface area contributed by atoms with Crippen LogP contribution in [0.25, 0.3) is 0 Å². The third-order valence-corrected chi connectivity index (χ3v) is 6.65. The van der Waals surface area contributed by atoms with Crippen LogP contribution in [0.1, 0.15) is 28.7 Å². The Morgan fingerprint density at radius 2 is 1.94 bits per heavy atom. The highest BCUT2D eigenvalue weighted by Crippen LogP contribution is 2.31. The van der Waals surface area contributed by atoms with Crippen LogP contribution in [0.5, 0.6) is 5.75 Å². The molecule has 2 amide bonds. The molecule has 36 heavy (non-hydrogen) atoms. The normalized spacial score (nSPS) is 21.2. The van der Waals surface area contributed by atoms with Crippen LogP contribution in [-0.2, 0) is 9.59 Å². The van der Waals surface area contributed by atoms with Crippen LogP contribution in [0.4, 0.5) is 11.5 Å². The summed E-state index contributed by atoms with van der Waals surface area (Å²) in [5.74, 6) is 0.404. The van der Waals surface area contributed by atoms with Gasteiger partial charge in [-0.15, -0.1) is 0 Å². The second-order valence-electron chi connectivity index (χ2n) is 9.35. The summed E-state index contributed by atoms with van der Waals surface area (Å²) >= 11 is 0. The van der Waals surface area contributed by atoms with Gasteiger partial charge < -0.3 is 15.4 Å². The molecule has 4 N–H and O–H groups in total. The number of rotatable bonds is 6. The van der Waals surface area contributed by atoms with Gasteiger partial charge in [0.2, 0.25) is 5.91 Å². The predicted molar refractivity (Wildman–Crippen MR) is 136 cm³/mol. The summed E-state index contributed by atoms with van der Waals surface area (Å²) < 4.78 is 7.22. The number of carbonyl (C=O) groups is 2. The standard InChI is InChI=1S/C26H31N7O3/c1-15-7-5-9-19(11-15)36-14-23(34)28-22-12-17(3)31-33(22)26-29-24-20(25(35)30-26)13-27-32(24)21-10-6-8-16(2)18(21)4/h5-12,20,24,26-27,29H,13-14H2,1-4H3,(H,28,34)(H,30,35). The van der Waals surface area contributed by atoms with Crippen LogP contribution in [0.15, 0.2) is 48.5 Å². The van der Waals surface area contributed by atoms with E-state index in [-0.39, 0.29) is 30.5 Å². The molecule has 3 atom stereocenters. The first-order chi connectivity index (χ1) is 17.3. The van der Waals surface area contributed by atoms with Gasteiger partial charge in [-0.3, -0.25) is 19.9 Å². The van der Waals surface area contributed by atoms with Gasteiger partial charge in [0.15, 0.2) is 12.9 Å². The van der Waals surface area contributed by atoms with E-state index in [1.165, 1.54) is 5.56 Å². The van der Waals surface area contributed by atoms with Gasteiger partial charge in [0, 0.05) is 12.6 Å². The molecule has 3 unspecified atom stereocenters. The van der Waals surface area contributed by atoms with E-state index in [2.05, 4.69) is 46.4 Å². The molecule has 10 heteroatoms. The molecule has 0 radical (unpaired) electrons. The Morgan fingerprint density at radius 1 is 1.14 bits per heavy atom. The third-order valence-electron chi connectivity index (χ3n) is 6.65. The number of aryl methyl sites for hydroxylation is 3. The largest absolute Gasteiger partial charge is 0.484 e. The Bertz CT molecular complexity index is 1300. The van der Waals surface area contributed by atoms with Crippen molar-refractivity contribution in [1.29, 1.82) is 0 Å². The van der Waals surface area contributed by atoms with E-state index < -0.39 is 6.29 Å². The van der Waals surface area contributed by atoms with Crippen LogP contribution in [-0.4, -0.2) is 40.9 Å². The number of nitrogens with one attached hydrogen (secondary N) is 4. The number of benzene rings is 2. The van der Waals surface area contributed by atoms with Crippen molar-refractivity contribution in [3.63, 3.8) is 0 Å². The van der Waals surface area contributed by atoms with Gasteiger partial charge in [0.25, 0.3) is 5.91 Å². The SMILES string of the molecule is Cc1cccc(OCC(=O)Nc2cc(C)nn2C2NC(=O)C3CNN(c4cccc(C)c4C)C3N2)c1. The number of amides is 2. The highest BCUT2D eigenvalue weighted by molar-refractivity contribution is 5.91. The minimum atomic E-state index is -0.645. The molecule has 3 heterocycles. The van der Waals surface area contributed by atoms with E-state index in [1.54, 1.807) is 10.7 Å². The van der Waals surface area contributed by atoms with Crippen molar-refractivity contribution in [3.8, 4) is 5.75 Å². The zero-order valence-corrected chi connectivity index (χ0v) is 20.8. The number of hydrogen-bond acceptors (Lipinski definition) is 7. The Balaban J connectivity index is 1.33. The summed E-state index contributed by atoms with van der Waals surface area (Å²) in [7, 11) is 0. The smallest absolute Gasteiger partial charge is 0.263 e. The van der Waals surface area contributed by atoms with Crippen LogP contribution in [0.3, 0.4) is 0 Å². The predicted octanol–water partition coefficient (Wildman–Crippen LogP) is 2.28. The van der Waals surface area contributed by atoms with Gasteiger partial charge in [-0.2, -0.15) is 5.10 Å². The van der Waals surface area contributed by atoms with Crippen LogP contribution >= 0.6 is 0 Å². The number of hydrogen-bond donors (Lipinski definition) is 4. The fourth-order valence-electron chi connectivity index (χ4n) is 4.66. The lowest BCUT2D eigenvalue weighted by Crippen LogP contribution is -2.62. The number of hydrazine groups is 1. The monoisotopic (exact) mass is 489 g/mol. The highest BCUT2D eigenvalue weighted by atomic mass is 16.5. The maximum absolute atomic E-state index is 13.0. The molecule has 2 aliphatic rings. The molecule has 3 aromatic rings. The number of aromatic nitrogens is 2. The molecule has 0 bridgehead atoms. The number of carbonyl (C=O) groups excluding carboxylic acids is 2. The van der Waals surface area contributed by atoms with Gasteiger partial charge in [-0.05, 0) is 62.6 Å². The maximum Gasteiger partial charge on any atom is 0.263 e. The number of anilines is 2. The fraction of sp³-hybridized carbons (Fsp3) is 0.346. The molecule has 188 valence electrons. The Hall–Kier alpha value is -3.89. The molecule has 2 aromatic carbocycles. The molecule has 2 aliphatic heterocycles. The Labute approximate surface area is 210 Å². The minimum absolute atomic E-state index is 0.0859. The zero-order valence-electron chi connectivity index (χ0n) is 20.8. The van der Waals surface area contributed by atoms with Gasteiger partial charge in [0.1, 0.15) is 17.7 Å². The number of ether oxygens (including phenoxy) is 1. The lowest BCUT2D eigenvalue weighted by Gasteiger charge is -2.38. The molecule has 10 nitrogen and oxygen atoms in total. The zero-order chi connectivity index (χ0) is 25.4. The molecule has 1 aromatic heterocycles. The van der Waals surface area contributed by atoms with E-state index in [1.807, 2.05) is 55.3 Å². The Kier molecular flexibility index (Phi) is 6.38. The molecule has 0 spiro atoms. The third kappa shape index (κ3) is 4.65. The van der Waals surface area contributed by atoms with E-state index in [4.69, 9.17) is 4.74 Å². The quantitative estimate of drug-likeness (QED) is 0.420. The van der Waals surface area contributed by atoms with Crippen molar-refractivity contribution in [2.75, 3.05) is 23.5 Å². The van der Waals surface area contributed by atoms with Gasteiger partial charge in [0.05, 0.1) is 17.3 Å². The van der Waals surface area contributed by atoms with Crippen molar-refractivity contribution < 1.29 is 14.3 Å². The average Bonchev–Trinajstić information content (AvgIpc) is 3.43. The van der Waals surface area contributed by atoms with Crippen LogP contribution in [0, 0.1) is 33.6 Å². The minimum Gasteiger partial charge on any atom is -0.484 e. The summed E-state index contributed by atoms with van der Waals surface area (Å²) in [6.45, 7) is 8.31. The van der Waals surface area contributed by atoms with E-state index in [9.17, 15) is 9.59 Å². The lowest BCUT2D eigenvalue weighted by atomic mass is 10.0. The van der Waals surface area contributed by atoms with Crippen LogP contribution in [0.2, 0.25) is 0 Å². The van der Waals surface area contributed by atoms with Crippen molar-refractivity contribution >= 4 is 23.3 Å². The molecular weight excluding hydrogens is 458 g/mol. The van der Waals surface area contributed by atoms with Gasteiger partial charge in [-0.1, -0.05) is 24.3 Å². The number of fused-ring (bicyclic) bond motifs is 1. The van der Waals surface area contributed by atoms with Gasteiger partial charge >= 0.3 is 0 Å². The van der Waals surface area contributed by atoms with E-state index in [0.717, 1.165) is 16.8 Å². The molecule has 0 aliphatic carbocycles. The molecule has 2 saturated heterocycles. The summed E-state index contributed by atoms with van der Waals surface area (Å²) in [6.07, 6.45) is -0.935. The average molecular weight is 490 g/mol. The van der Waals surface area contributed by atoms with E-state index >= 15 is 0 Å². The maximum atomic E-state index is 13.0. The molecule has 0 saturated carbocycles.